The maximum Gasteiger partial charge on any atom is 0.0604 e. The fraction of sp³-hybridized carbons (Fsp3) is 1.00. The Balaban J connectivity index is 1.84. The van der Waals surface area contributed by atoms with E-state index in [9.17, 15) is 0 Å². The highest BCUT2D eigenvalue weighted by Crippen LogP contribution is 2.22. The molecule has 0 saturated heterocycles. The maximum absolute atomic E-state index is 5.48. The molecule has 0 atom stereocenters. The van der Waals surface area contributed by atoms with E-state index < -0.39 is 0 Å². The molecule has 0 aliphatic heterocycles. The van der Waals surface area contributed by atoms with Gasteiger partial charge in [0.05, 0.1) is 6.10 Å². The van der Waals surface area contributed by atoms with Crippen LogP contribution in [0.3, 0.4) is 0 Å². The second kappa shape index (κ2) is 6.35. The van der Waals surface area contributed by atoms with Crippen molar-refractivity contribution in [2.24, 2.45) is 5.73 Å². The summed E-state index contributed by atoms with van der Waals surface area (Å²) in [6.45, 7) is 4.83. The van der Waals surface area contributed by atoms with Gasteiger partial charge in [-0.25, -0.2) is 0 Å². The van der Waals surface area contributed by atoms with Crippen LogP contribution in [-0.2, 0) is 4.74 Å². The zero-order valence-electron chi connectivity index (χ0n) is 8.59. The first-order valence-corrected chi connectivity index (χ1v) is 5.41. The van der Waals surface area contributed by atoms with E-state index in [1.165, 1.54) is 19.3 Å². The van der Waals surface area contributed by atoms with Crippen molar-refractivity contribution in [3.05, 3.63) is 0 Å². The summed E-state index contributed by atoms with van der Waals surface area (Å²) in [7, 11) is 0. The van der Waals surface area contributed by atoms with Crippen molar-refractivity contribution in [3.8, 4) is 0 Å². The topological polar surface area (TPSA) is 47.3 Å². The molecule has 78 valence electrons. The molecule has 0 unspecified atom stereocenters. The van der Waals surface area contributed by atoms with E-state index in [1.54, 1.807) is 0 Å². The highest BCUT2D eigenvalue weighted by atomic mass is 16.5. The molecular formula is C10H22N2O. The lowest BCUT2D eigenvalue weighted by Gasteiger charge is -2.35. The molecule has 3 nitrogen and oxygen atoms in total. The van der Waals surface area contributed by atoms with Gasteiger partial charge in [-0.15, -0.1) is 0 Å². The molecule has 0 aromatic heterocycles. The highest BCUT2D eigenvalue weighted by Gasteiger charge is 2.28. The van der Waals surface area contributed by atoms with Gasteiger partial charge < -0.3 is 15.8 Å². The Morgan fingerprint density at radius 2 is 2.15 bits per heavy atom. The smallest absolute Gasteiger partial charge is 0.0604 e. The van der Waals surface area contributed by atoms with Crippen molar-refractivity contribution in [2.45, 2.75) is 44.8 Å². The first-order chi connectivity index (χ1) is 6.36. The summed E-state index contributed by atoms with van der Waals surface area (Å²) in [5.41, 5.74) is 5.41. The molecule has 0 radical (unpaired) electrons. The largest absolute Gasteiger partial charge is 0.378 e. The van der Waals surface area contributed by atoms with E-state index in [0.717, 1.165) is 26.1 Å². The van der Waals surface area contributed by atoms with E-state index in [4.69, 9.17) is 10.5 Å². The Hall–Kier alpha value is -0.120. The molecule has 3 heteroatoms. The first-order valence-electron chi connectivity index (χ1n) is 5.41. The van der Waals surface area contributed by atoms with Gasteiger partial charge in [0.15, 0.2) is 0 Å². The molecule has 0 spiro atoms. The van der Waals surface area contributed by atoms with Crippen LogP contribution in [0.1, 0.15) is 32.6 Å². The minimum Gasteiger partial charge on any atom is -0.378 e. The SMILES string of the molecule is CCOC1CC(NCCCCN)C1. The van der Waals surface area contributed by atoms with Gasteiger partial charge in [-0.05, 0) is 45.7 Å². The molecule has 0 heterocycles. The standard InChI is InChI=1S/C10H22N2O/c1-2-13-10-7-9(8-10)12-6-4-3-5-11/h9-10,12H,2-8,11H2,1H3. The highest BCUT2D eigenvalue weighted by molar-refractivity contribution is 4.85. The predicted octanol–water partition coefficient (Wildman–Crippen LogP) is 0.882. The molecule has 1 aliphatic carbocycles. The second-order valence-corrected chi connectivity index (χ2v) is 3.70. The number of nitrogens with one attached hydrogen (secondary N) is 1. The molecular weight excluding hydrogens is 164 g/mol. The summed E-state index contributed by atoms with van der Waals surface area (Å²) < 4.78 is 5.48. The lowest BCUT2D eigenvalue weighted by Crippen LogP contribution is -2.45. The third kappa shape index (κ3) is 4.07. The molecule has 0 aromatic rings. The molecule has 0 bridgehead atoms. The predicted molar refractivity (Wildman–Crippen MR) is 54.7 cm³/mol. The zero-order chi connectivity index (χ0) is 9.52. The van der Waals surface area contributed by atoms with Crippen LogP contribution < -0.4 is 11.1 Å². The quantitative estimate of drug-likeness (QED) is 0.580. The van der Waals surface area contributed by atoms with Gasteiger partial charge in [-0.1, -0.05) is 0 Å². The van der Waals surface area contributed by atoms with E-state index in [2.05, 4.69) is 12.2 Å². The van der Waals surface area contributed by atoms with Gasteiger partial charge in [0.2, 0.25) is 0 Å². The summed E-state index contributed by atoms with van der Waals surface area (Å²) in [5.74, 6) is 0. The van der Waals surface area contributed by atoms with Crippen molar-refractivity contribution < 1.29 is 4.74 Å². The molecule has 1 rings (SSSR count). The zero-order valence-corrected chi connectivity index (χ0v) is 8.59. The normalized spacial score (nSPS) is 27.2. The molecule has 1 saturated carbocycles. The average molecular weight is 186 g/mol. The first kappa shape index (κ1) is 11.0. The Morgan fingerprint density at radius 3 is 2.77 bits per heavy atom. The van der Waals surface area contributed by atoms with Gasteiger partial charge in [0.1, 0.15) is 0 Å². The van der Waals surface area contributed by atoms with Crippen LogP contribution in [0.25, 0.3) is 0 Å². The molecule has 3 N–H and O–H groups in total. The van der Waals surface area contributed by atoms with Gasteiger partial charge in [-0.2, -0.15) is 0 Å². The van der Waals surface area contributed by atoms with Crippen LogP contribution in [0.2, 0.25) is 0 Å². The van der Waals surface area contributed by atoms with Gasteiger partial charge in [0, 0.05) is 12.6 Å². The van der Waals surface area contributed by atoms with E-state index >= 15 is 0 Å². The summed E-state index contributed by atoms with van der Waals surface area (Å²) in [6, 6.07) is 0.703. The average Bonchev–Trinajstić information content (AvgIpc) is 2.07. The van der Waals surface area contributed by atoms with Gasteiger partial charge in [0.25, 0.3) is 0 Å². The summed E-state index contributed by atoms with van der Waals surface area (Å²) in [5, 5.41) is 3.51. The van der Waals surface area contributed by atoms with E-state index in [1.807, 2.05) is 0 Å². The Morgan fingerprint density at radius 1 is 1.38 bits per heavy atom. The summed E-state index contributed by atoms with van der Waals surface area (Å²) >= 11 is 0. The minimum absolute atomic E-state index is 0.525. The number of hydrogen-bond donors (Lipinski definition) is 2. The van der Waals surface area contributed by atoms with Crippen LogP contribution >= 0.6 is 0 Å². The molecule has 1 aliphatic rings. The molecule has 0 aromatic carbocycles. The van der Waals surface area contributed by atoms with Crippen LogP contribution in [0.5, 0.6) is 0 Å². The summed E-state index contributed by atoms with van der Waals surface area (Å²) in [6.07, 6.45) is 5.24. The van der Waals surface area contributed by atoms with Crippen molar-refractivity contribution in [1.82, 2.24) is 5.32 Å². The fourth-order valence-corrected chi connectivity index (χ4v) is 1.68. The van der Waals surface area contributed by atoms with E-state index in [-0.39, 0.29) is 0 Å². The van der Waals surface area contributed by atoms with Crippen LogP contribution in [0.15, 0.2) is 0 Å². The van der Waals surface area contributed by atoms with Crippen molar-refractivity contribution in [1.29, 1.82) is 0 Å². The second-order valence-electron chi connectivity index (χ2n) is 3.70. The summed E-state index contributed by atoms with van der Waals surface area (Å²) in [4.78, 5) is 0. The lowest BCUT2D eigenvalue weighted by molar-refractivity contribution is -0.00974. The molecule has 0 amide bonds. The Kier molecular flexibility index (Phi) is 5.35. The van der Waals surface area contributed by atoms with Gasteiger partial charge >= 0.3 is 0 Å². The van der Waals surface area contributed by atoms with Crippen molar-refractivity contribution in [2.75, 3.05) is 19.7 Å². The number of unbranched alkanes of at least 4 members (excludes halogenated alkanes) is 1. The van der Waals surface area contributed by atoms with Crippen LogP contribution in [0.4, 0.5) is 0 Å². The molecule has 1 fully saturated rings. The van der Waals surface area contributed by atoms with E-state index in [0.29, 0.717) is 12.1 Å². The molecule has 13 heavy (non-hydrogen) atoms. The Bertz CT molecular complexity index is 124. The monoisotopic (exact) mass is 186 g/mol. The Labute approximate surface area is 81.0 Å². The van der Waals surface area contributed by atoms with Gasteiger partial charge in [-0.3, -0.25) is 0 Å². The minimum atomic E-state index is 0.525. The number of nitrogens with two attached hydrogens (primary N) is 1. The van der Waals surface area contributed by atoms with Crippen LogP contribution in [-0.4, -0.2) is 31.8 Å². The van der Waals surface area contributed by atoms with Crippen molar-refractivity contribution in [3.63, 3.8) is 0 Å². The third-order valence-electron chi connectivity index (χ3n) is 2.56. The lowest BCUT2D eigenvalue weighted by atomic mass is 9.89. The number of hydrogen-bond acceptors (Lipinski definition) is 3. The number of rotatable bonds is 7. The van der Waals surface area contributed by atoms with Crippen molar-refractivity contribution >= 4 is 0 Å². The fourth-order valence-electron chi connectivity index (χ4n) is 1.68. The van der Waals surface area contributed by atoms with Crippen LogP contribution in [0, 0.1) is 0 Å². The third-order valence-corrected chi connectivity index (χ3v) is 2.56. The maximum atomic E-state index is 5.48. The number of ether oxygens (including phenoxy) is 1.